The van der Waals surface area contributed by atoms with Gasteiger partial charge in [0.05, 0.1) is 11.2 Å². The third kappa shape index (κ3) is 3.89. The number of aliphatic hydroxyl groups is 1. The Hall–Kier alpha value is -1.72. The topological polar surface area (TPSA) is 69.6 Å². The molecule has 0 unspecified atom stereocenters. The molecule has 1 aliphatic heterocycles. The predicted octanol–water partition coefficient (Wildman–Crippen LogP) is 1.08. The number of nitrogens with one attached hydrogen (secondary N) is 1. The highest BCUT2D eigenvalue weighted by atomic mass is 16.3. The number of nitrogens with zero attached hydrogens (tertiary/aromatic N) is 1. The zero-order valence-corrected chi connectivity index (χ0v) is 12.6. The van der Waals surface area contributed by atoms with E-state index in [9.17, 15) is 14.7 Å². The van der Waals surface area contributed by atoms with Gasteiger partial charge >= 0.3 is 0 Å². The lowest BCUT2D eigenvalue weighted by atomic mass is 9.91. The first-order valence-electron chi connectivity index (χ1n) is 7.20. The van der Waals surface area contributed by atoms with Crippen molar-refractivity contribution in [1.29, 1.82) is 0 Å². The fourth-order valence-electron chi connectivity index (χ4n) is 2.54. The standard InChI is InChI=1S/C16H22N2O3/c1-12(19)13-5-3-4-6-14(13)15(20)17-11-16(21)7-9-18(2)10-8-16/h3-6,21H,7-11H2,1-2H3,(H,17,20). The van der Waals surface area contributed by atoms with Crippen molar-refractivity contribution >= 4 is 11.7 Å². The maximum Gasteiger partial charge on any atom is 0.252 e. The Bertz CT molecular complexity index is 534. The number of piperidine rings is 1. The molecule has 0 saturated carbocycles. The number of carbonyl (C=O) groups is 2. The smallest absolute Gasteiger partial charge is 0.252 e. The summed E-state index contributed by atoms with van der Waals surface area (Å²) >= 11 is 0. The molecule has 1 heterocycles. The molecule has 1 saturated heterocycles. The van der Waals surface area contributed by atoms with Crippen LogP contribution in [0.25, 0.3) is 0 Å². The highest BCUT2D eigenvalue weighted by Crippen LogP contribution is 2.20. The van der Waals surface area contributed by atoms with E-state index in [2.05, 4.69) is 10.2 Å². The van der Waals surface area contributed by atoms with Crippen molar-refractivity contribution in [2.45, 2.75) is 25.4 Å². The summed E-state index contributed by atoms with van der Waals surface area (Å²) in [6, 6.07) is 6.73. The predicted molar refractivity (Wildman–Crippen MR) is 80.5 cm³/mol. The molecular weight excluding hydrogens is 268 g/mol. The van der Waals surface area contributed by atoms with E-state index in [0.717, 1.165) is 13.1 Å². The normalized spacial score (nSPS) is 18.2. The van der Waals surface area contributed by atoms with Gasteiger partial charge in [0.1, 0.15) is 0 Å². The summed E-state index contributed by atoms with van der Waals surface area (Å²) < 4.78 is 0. The van der Waals surface area contributed by atoms with Gasteiger partial charge in [0.15, 0.2) is 5.78 Å². The SMILES string of the molecule is CC(=O)c1ccccc1C(=O)NCC1(O)CCN(C)CC1. The van der Waals surface area contributed by atoms with Crippen LogP contribution < -0.4 is 5.32 Å². The van der Waals surface area contributed by atoms with Crippen LogP contribution in [0.5, 0.6) is 0 Å². The molecule has 0 aromatic heterocycles. The average Bonchev–Trinajstić information content (AvgIpc) is 2.48. The number of rotatable bonds is 4. The van der Waals surface area contributed by atoms with E-state index >= 15 is 0 Å². The van der Waals surface area contributed by atoms with E-state index in [1.807, 2.05) is 7.05 Å². The Morgan fingerprint density at radius 1 is 1.24 bits per heavy atom. The third-order valence-electron chi connectivity index (χ3n) is 4.05. The second-order valence-corrected chi connectivity index (χ2v) is 5.81. The van der Waals surface area contributed by atoms with Gasteiger partial charge < -0.3 is 15.3 Å². The molecule has 2 rings (SSSR count). The fourth-order valence-corrected chi connectivity index (χ4v) is 2.54. The van der Waals surface area contributed by atoms with Crippen LogP contribution >= 0.6 is 0 Å². The van der Waals surface area contributed by atoms with Crippen LogP contribution in [0, 0.1) is 0 Å². The van der Waals surface area contributed by atoms with Gasteiger partial charge in [-0.1, -0.05) is 18.2 Å². The molecule has 0 atom stereocenters. The number of hydrogen-bond acceptors (Lipinski definition) is 4. The van der Waals surface area contributed by atoms with E-state index in [0.29, 0.717) is 24.0 Å². The molecule has 0 bridgehead atoms. The van der Waals surface area contributed by atoms with E-state index in [1.165, 1.54) is 6.92 Å². The van der Waals surface area contributed by atoms with Crippen LogP contribution in [0.2, 0.25) is 0 Å². The van der Waals surface area contributed by atoms with E-state index in [1.54, 1.807) is 24.3 Å². The minimum absolute atomic E-state index is 0.140. The second-order valence-electron chi connectivity index (χ2n) is 5.81. The summed E-state index contributed by atoms with van der Waals surface area (Å²) in [6.45, 7) is 3.29. The van der Waals surface area contributed by atoms with Crippen LogP contribution in [-0.2, 0) is 0 Å². The third-order valence-corrected chi connectivity index (χ3v) is 4.05. The van der Waals surface area contributed by atoms with E-state index in [4.69, 9.17) is 0 Å². The van der Waals surface area contributed by atoms with Crippen molar-refractivity contribution < 1.29 is 14.7 Å². The summed E-state index contributed by atoms with van der Waals surface area (Å²) in [5.41, 5.74) is -0.0836. The summed E-state index contributed by atoms with van der Waals surface area (Å²) in [5.74, 6) is -0.452. The number of ketones is 1. The maximum absolute atomic E-state index is 12.2. The Balaban J connectivity index is 2.01. The molecule has 0 aliphatic carbocycles. The van der Waals surface area contributed by atoms with Crippen LogP contribution in [-0.4, -0.2) is 54.0 Å². The maximum atomic E-state index is 12.2. The highest BCUT2D eigenvalue weighted by molar-refractivity contribution is 6.07. The van der Waals surface area contributed by atoms with Crippen molar-refractivity contribution in [3.8, 4) is 0 Å². The van der Waals surface area contributed by atoms with Crippen LogP contribution in [0.15, 0.2) is 24.3 Å². The summed E-state index contributed by atoms with van der Waals surface area (Å²) in [5, 5.41) is 13.2. The van der Waals surface area contributed by atoms with Crippen LogP contribution in [0.3, 0.4) is 0 Å². The molecule has 5 nitrogen and oxygen atoms in total. The van der Waals surface area contributed by atoms with Crippen LogP contribution in [0.4, 0.5) is 0 Å². The van der Waals surface area contributed by atoms with Gasteiger partial charge in [-0.05, 0) is 32.9 Å². The molecule has 1 aromatic rings. The number of Topliss-reactive ketones (excluding diaryl/α,β-unsaturated/α-hetero) is 1. The molecule has 1 aromatic carbocycles. The molecule has 1 fully saturated rings. The second kappa shape index (κ2) is 6.37. The van der Waals surface area contributed by atoms with E-state index in [-0.39, 0.29) is 18.2 Å². The van der Waals surface area contributed by atoms with Crippen molar-refractivity contribution in [1.82, 2.24) is 10.2 Å². The number of hydrogen-bond donors (Lipinski definition) is 2. The molecule has 21 heavy (non-hydrogen) atoms. The monoisotopic (exact) mass is 290 g/mol. The largest absolute Gasteiger partial charge is 0.388 e. The van der Waals surface area contributed by atoms with Crippen molar-refractivity contribution in [3.63, 3.8) is 0 Å². The number of amides is 1. The summed E-state index contributed by atoms with van der Waals surface area (Å²) in [7, 11) is 2.02. The fraction of sp³-hybridized carbons (Fsp3) is 0.500. The van der Waals surface area contributed by atoms with Gasteiger partial charge in [0, 0.05) is 25.2 Å². The minimum atomic E-state index is -0.854. The number of likely N-dealkylation sites (tertiary alicyclic amines) is 1. The molecule has 0 radical (unpaired) electrons. The van der Waals surface area contributed by atoms with Gasteiger partial charge in [-0.15, -0.1) is 0 Å². The Labute approximate surface area is 125 Å². The van der Waals surface area contributed by atoms with Gasteiger partial charge in [-0.3, -0.25) is 9.59 Å². The Morgan fingerprint density at radius 2 is 1.81 bits per heavy atom. The summed E-state index contributed by atoms with van der Waals surface area (Å²) in [6.07, 6.45) is 1.27. The summed E-state index contributed by atoms with van der Waals surface area (Å²) in [4.78, 5) is 25.9. The Kier molecular flexibility index (Phi) is 4.75. The van der Waals surface area contributed by atoms with Gasteiger partial charge in [-0.25, -0.2) is 0 Å². The number of carbonyl (C=O) groups excluding carboxylic acids is 2. The minimum Gasteiger partial charge on any atom is -0.388 e. The average molecular weight is 290 g/mol. The molecule has 2 N–H and O–H groups in total. The highest BCUT2D eigenvalue weighted by Gasteiger charge is 2.31. The molecular formula is C16H22N2O3. The van der Waals surface area contributed by atoms with Crippen molar-refractivity contribution in [2.75, 3.05) is 26.7 Å². The van der Waals surface area contributed by atoms with Gasteiger partial charge in [0.25, 0.3) is 5.91 Å². The first kappa shape index (κ1) is 15.7. The van der Waals surface area contributed by atoms with Gasteiger partial charge in [0.2, 0.25) is 0 Å². The van der Waals surface area contributed by atoms with Crippen LogP contribution in [0.1, 0.15) is 40.5 Å². The van der Waals surface area contributed by atoms with Crippen molar-refractivity contribution in [2.24, 2.45) is 0 Å². The lowest BCUT2D eigenvalue weighted by Crippen LogP contribution is -2.50. The first-order chi connectivity index (χ1) is 9.91. The lowest BCUT2D eigenvalue weighted by molar-refractivity contribution is -0.0135. The zero-order chi connectivity index (χ0) is 15.5. The number of benzene rings is 1. The molecule has 5 heteroatoms. The van der Waals surface area contributed by atoms with E-state index < -0.39 is 5.60 Å². The van der Waals surface area contributed by atoms with Crippen molar-refractivity contribution in [3.05, 3.63) is 35.4 Å². The lowest BCUT2D eigenvalue weighted by Gasteiger charge is -2.36. The quantitative estimate of drug-likeness (QED) is 0.814. The zero-order valence-electron chi connectivity index (χ0n) is 12.6. The first-order valence-corrected chi connectivity index (χ1v) is 7.20. The molecule has 0 spiro atoms. The molecule has 1 aliphatic rings. The molecule has 114 valence electrons. The van der Waals surface area contributed by atoms with Gasteiger partial charge in [-0.2, -0.15) is 0 Å². The Morgan fingerprint density at radius 3 is 2.38 bits per heavy atom. The molecule has 1 amide bonds.